The van der Waals surface area contributed by atoms with E-state index in [1.54, 1.807) is 0 Å². The lowest BCUT2D eigenvalue weighted by molar-refractivity contribution is 1.09. The second-order valence-corrected chi connectivity index (χ2v) is 3.70. The van der Waals surface area contributed by atoms with E-state index in [9.17, 15) is 0 Å². The first-order valence-electron chi connectivity index (χ1n) is 5.57. The first kappa shape index (κ1) is 11.7. The Balaban J connectivity index is 0.000000337. The Morgan fingerprint density at radius 3 is 2.80 bits per heavy atom. The maximum atomic E-state index is 4.35. The molecule has 0 radical (unpaired) electrons. The van der Waals surface area contributed by atoms with Crippen LogP contribution in [0.3, 0.4) is 0 Å². The Morgan fingerprint density at radius 1 is 1.33 bits per heavy atom. The number of nitrogens with zero attached hydrogens (tertiary/aromatic N) is 1. The van der Waals surface area contributed by atoms with Crippen LogP contribution in [0.15, 0.2) is 36.6 Å². The highest BCUT2D eigenvalue weighted by atomic mass is 14.7. The van der Waals surface area contributed by atoms with E-state index in [1.807, 2.05) is 12.3 Å². The molecule has 0 amide bonds. The Morgan fingerprint density at radius 2 is 2.07 bits per heavy atom. The molecule has 0 saturated heterocycles. The van der Waals surface area contributed by atoms with Gasteiger partial charge in [-0.15, -0.1) is 0 Å². The zero-order valence-corrected chi connectivity index (χ0v) is 9.83. The largest absolute Gasteiger partial charge is 0.256 e. The smallest absolute Gasteiger partial charge is 0.0693 e. The quantitative estimate of drug-likeness (QED) is 0.618. The fraction of sp³-hybridized carbons (Fsp3) is 0.357. The highest BCUT2D eigenvalue weighted by molar-refractivity contribution is 5.66. The first-order chi connectivity index (χ1) is 7.29. The summed E-state index contributed by atoms with van der Waals surface area (Å²) in [6, 6.07) is 4.13. The Kier molecular flexibility index (Phi) is 4.82. The summed E-state index contributed by atoms with van der Waals surface area (Å²) in [4.78, 5) is 4.35. The van der Waals surface area contributed by atoms with Crippen LogP contribution < -0.4 is 0 Å². The lowest BCUT2D eigenvalue weighted by atomic mass is 10.1. The van der Waals surface area contributed by atoms with Crippen LogP contribution in [-0.4, -0.2) is 4.98 Å². The van der Waals surface area contributed by atoms with Crippen LogP contribution in [0.25, 0.3) is 5.57 Å². The van der Waals surface area contributed by atoms with Crippen molar-refractivity contribution in [2.24, 2.45) is 0 Å². The summed E-state index contributed by atoms with van der Waals surface area (Å²) in [5.41, 5.74) is 3.71. The highest BCUT2D eigenvalue weighted by Crippen LogP contribution is 2.19. The summed E-state index contributed by atoms with van der Waals surface area (Å²) in [6.45, 7) is 6.35. The van der Waals surface area contributed by atoms with E-state index in [4.69, 9.17) is 0 Å². The van der Waals surface area contributed by atoms with Crippen LogP contribution in [0.2, 0.25) is 0 Å². The molecule has 15 heavy (non-hydrogen) atoms. The Labute approximate surface area is 92.6 Å². The van der Waals surface area contributed by atoms with Crippen molar-refractivity contribution in [1.82, 2.24) is 4.98 Å². The van der Waals surface area contributed by atoms with Gasteiger partial charge in [0.25, 0.3) is 0 Å². The van der Waals surface area contributed by atoms with Gasteiger partial charge in [-0.05, 0) is 30.5 Å². The third-order valence-corrected chi connectivity index (χ3v) is 2.08. The van der Waals surface area contributed by atoms with Crippen LogP contribution in [0.1, 0.15) is 38.4 Å². The highest BCUT2D eigenvalue weighted by Gasteiger charge is 2.04. The molecule has 0 atom stereocenters. The van der Waals surface area contributed by atoms with Gasteiger partial charge < -0.3 is 0 Å². The van der Waals surface area contributed by atoms with Gasteiger partial charge in [0.2, 0.25) is 0 Å². The monoisotopic (exact) mass is 201 g/mol. The minimum Gasteiger partial charge on any atom is -0.256 e. The minimum atomic E-state index is 0.997. The number of fused-ring (bicyclic) bond motifs is 1. The van der Waals surface area contributed by atoms with Crippen LogP contribution in [0.4, 0.5) is 0 Å². The van der Waals surface area contributed by atoms with E-state index in [-0.39, 0.29) is 0 Å². The average Bonchev–Trinajstić information content (AvgIpc) is 2.43. The number of hydrogen-bond acceptors (Lipinski definition) is 1. The summed E-state index contributed by atoms with van der Waals surface area (Å²) < 4.78 is 0. The van der Waals surface area contributed by atoms with Crippen molar-refractivity contribution < 1.29 is 0 Å². The molecule has 0 fully saturated rings. The van der Waals surface area contributed by atoms with Crippen LogP contribution >= 0.6 is 0 Å². The Hall–Kier alpha value is -1.37. The third kappa shape index (κ3) is 3.35. The number of rotatable bonds is 0. The molecule has 1 aliphatic carbocycles. The number of hydrogen-bond donors (Lipinski definition) is 0. The van der Waals surface area contributed by atoms with Crippen molar-refractivity contribution in [3.8, 4) is 0 Å². The van der Waals surface area contributed by atoms with Crippen molar-refractivity contribution in [2.75, 3.05) is 0 Å². The van der Waals surface area contributed by atoms with Gasteiger partial charge in [-0.3, -0.25) is 4.98 Å². The standard InChI is InChI=1S/C11H11N.C3H8/c1-9-5-2-3-6-10-7-4-8-12-11(9)10;1-3-2/h2-5,7-8H,6H2,1H3;3H2,1-2H3. The van der Waals surface area contributed by atoms with E-state index in [0.29, 0.717) is 0 Å². The van der Waals surface area contributed by atoms with Gasteiger partial charge >= 0.3 is 0 Å². The molecule has 0 unspecified atom stereocenters. The maximum Gasteiger partial charge on any atom is 0.0693 e. The molecule has 0 aliphatic heterocycles. The van der Waals surface area contributed by atoms with E-state index in [1.165, 1.54) is 17.6 Å². The van der Waals surface area contributed by atoms with Gasteiger partial charge in [-0.2, -0.15) is 0 Å². The molecule has 1 aliphatic rings. The molecule has 1 nitrogen and oxygen atoms in total. The lowest BCUT2D eigenvalue weighted by Gasteiger charge is -2.03. The van der Waals surface area contributed by atoms with Gasteiger partial charge in [-0.25, -0.2) is 0 Å². The first-order valence-corrected chi connectivity index (χ1v) is 5.57. The lowest BCUT2D eigenvalue weighted by Crippen LogP contribution is -1.91. The second-order valence-electron chi connectivity index (χ2n) is 3.70. The van der Waals surface area contributed by atoms with E-state index in [2.05, 4.69) is 50.0 Å². The predicted octanol–water partition coefficient (Wildman–Crippen LogP) is 4.01. The van der Waals surface area contributed by atoms with Gasteiger partial charge in [0.15, 0.2) is 0 Å². The summed E-state index contributed by atoms with van der Waals surface area (Å²) >= 11 is 0. The summed E-state index contributed by atoms with van der Waals surface area (Å²) in [5.74, 6) is 0. The third-order valence-electron chi connectivity index (χ3n) is 2.08. The summed E-state index contributed by atoms with van der Waals surface area (Å²) in [5, 5.41) is 0. The molecule has 1 aromatic rings. The van der Waals surface area contributed by atoms with E-state index < -0.39 is 0 Å². The predicted molar refractivity (Wildman–Crippen MR) is 66.7 cm³/mol. The normalized spacial score (nSPS) is 13.1. The molecule has 2 rings (SSSR count). The molecule has 0 aromatic carbocycles. The topological polar surface area (TPSA) is 12.9 Å². The molecule has 1 heteroatoms. The summed E-state index contributed by atoms with van der Waals surface area (Å²) in [6.07, 6.45) is 10.5. The molecule has 1 aromatic heterocycles. The number of allylic oxidation sites excluding steroid dienone is 4. The van der Waals surface area contributed by atoms with Gasteiger partial charge in [0.05, 0.1) is 5.69 Å². The molecule has 0 N–H and O–H groups in total. The molecular weight excluding hydrogens is 182 g/mol. The molecule has 0 bridgehead atoms. The fourth-order valence-electron chi connectivity index (χ4n) is 1.44. The van der Waals surface area contributed by atoms with Gasteiger partial charge in [0.1, 0.15) is 0 Å². The average molecular weight is 201 g/mol. The van der Waals surface area contributed by atoms with Crippen LogP contribution in [0, 0.1) is 0 Å². The van der Waals surface area contributed by atoms with Crippen molar-refractivity contribution >= 4 is 5.57 Å². The minimum absolute atomic E-state index is 0.997. The van der Waals surface area contributed by atoms with Crippen molar-refractivity contribution in [2.45, 2.75) is 33.6 Å². The van der Waals surface area contributed by atoms with Crippen molar-refractivity contribution in [3.05, 3.63) is 47.8 Å². The zero-order chi connectivity index (χ0) is 11.1. The number of aromatic nitrogens is 1. The summed E-state index contributed by atoms with van der Waals surface area (Å²) in [7, 11) is 0. The van der Waals surface area contributed by atoms with E-state index in [0.717, 1.165) is 12.1 Å². The SMILES string of the molecule is CC1=CC=CCc2cccnc21.CCC. The van der Waals surface area contributed by atoms with Crippen LogP contribution in [0.5, 0.6) is 0 Å². The maximum absolute atomic E-state index is 4.35. The fourth-order valence-corrected chi connectivity index (χ4v) is 1.44. The second kappa shape index (κ2) is 6.18. The Bertz CT molecular complexity index is 361. The van der Waals surface area contributed by atoms with Crippen molar-refractivity contribution in [3.63, 3.8) is 0 Å². The van der Waals surface area contributed by atoms with Crippen LogP contribution in [-0.2, 0) is 6.42 Å². The zero-order valence-electron chi connectivity index (χ0n) is 9.83. The molecule has 80 valence electrons. The molecule has 0 spiro atoms. The van der Waals surface area contributed by atoms with Gasteiger partial charge in [-0.1, -0.05) is 44.6 Å². The molecular formula is C14H19N. The molecule has 1 heterocycles. The number of pyridine rings is 1. The van der Waals surface area contributed by atoms with E-state index >= 15 is 0 Å². The van der Waals surface area contributed by atoms with Gasteiger partial charge in [0, 0.05) is 6.20 Å². The molecule has 0 saturated carbocycles. The van der Waals surface area contributed by atoms with Crippen molar-refractivity contribution in [1.29, 1.82) is 0 Å².